The van der Waals surface area contributed by atoms with Gasteiger partial charge in [-0.15, -0.1) is 0 Å². The molecule has 0 radical (unpaired) electrons. The Morgan fingerprint density at radius 2 is 2.00 bits per heavy atom. The van der Waals surface area contributed by atoms with Crippen LogP contribution in [0, 0.1) is 0 Å². The largest absolute Gasteiger partial charge is 0.484 e. The number of halogens is 3. The first-order valence-electron chi connectivity index (χ1n) is 6.44. The molecule has 0 saturated heterocycles. The van der Waals surface area contributed by atoms with Gasteiger partial charge < -0.3 is 4.74 Å². The van der Waals surface area contributed by atoms with E-state index in [-0.39, 0.29) is 5.75 Å². The third-order valence-electron chi connectivity index (χ3n) is 3.10. The fourth-order valence-corrected chi connectivity index (χ4v) is 2.07. The molecule has 0 spiro atoms. The molecule has 0 bridgehead atoms. The van der Waals surface area contributed by atoms with Crippen molar-refractivity contribution in [3.05, 3.63) is 54.1 Å². The minimum Gasteiger partial charge on any atom is -0.484 e. The molecule has 0 aliphatic heterocycles. The van der Waals surface area contributed by atoms with E-state index in [1.807, 2.05) is 0 Å². The number of ether oxygens (including phenoxy) is 1. The summed E-state index contributed by atoms with van der Waals surface area (Å²) in [6, 6.07) is 6.43. The summed E-state index contributed by atoms with van der Waals surface area (Å²) < 4.78 is 45.2. The Labute approximate surface area is 123 Å². The highest BCUT2D eigenvalue weighted by Crippen LogP contribution is 2.32. The van der Waals surface area contributed by atoms with Gasteiger partial charge in [0, 0.05) is 6.20 Å². The summed E-state index contributed by atoms with van der Waals surface area (Å²) in [6.07, 6.45) is -2.03. The van der Waals surface area contributed by atoms with Gasteiger partial charge in [0.05, 0.1) is 11.3 Å². The fourth-order valence-electron chi connectivity index (χ4n) is 2.07. The molecule has 0 aliphatic rings. The number of nitrogens with zero attached hydrogens (tertiary/aromatic N) is 4. The van der Waals surface area contributed by atoms with E-state index in [4.69, 9.17) is 4.74 Å². The van der Waals surface area contributed by atoms with Crippen molar-refractivity contribution in [1.82, 2.24) is 19.6 Å². The van der Waals surface area contributed by atoms with Crippen LogP contribution < -0.4 is 4.74 Å². The van der Waals surface area contributed by atoms with Crippen molar-refractivity contribution < 1.29 is 17.9 Å². The molecule has 22 heavy (non-hydrogen) atoms. The number of fused-ring (bicyclic) bond motifs is 1. The summed E-state index contributed by atoms with van der Waals surface area (Å²) in [4.78, 5) is 7.97. The topological polar surface area (TPSA) is 52.3 Å². The maximum atomic E-state index is 12.7. The lowest BCUT2D eigenvalue weighted by Crippen LogP contribution is -2.11. The third-order valence-corrected chi connectivity index (χ3v) is 3.10. The van der Waals surface area contributed by atoms with Gasteiger partial charge in [-0.05, 0) is 31.2 Å². The summed E-state index contributed by atoms with van der Waals surface area (Å²) in [5.41, 5.74) is -0.113. The first kappa shape index (κ1) is 14.3. The average molecular weight is 308 g/mol. The van der Waals surface area contributed by atoms with E-state index in [1.165, 1.54) is 23.0 Å². The minimum atomic E-state index is -4.40. The molecule has 8 heteroatoms. The lowest BCUT2D eigenvalue weighted by Gasteiger charge is -2.16. The molecule has 0 aliphatic carbocycles. The quantitative estimate of drug-likeness (QED) is 0.745. The van der Waals surface area contributed by atoms with Gasteiger partial charge >= 0.3 is 6.18 Å². The molecule has 1 atom stereocenters. The molecule has 1 aromatic carbocycles. The van der Waals surface area contributed by atoms with Crippen molar-refractivity contribution in [3.8, 4) is 5.75 Å². The van der Waals surface area contributed by atoms with Gasteiger partial charge in [0.1, 0.15) is 18.2 Å². The first-order chi connectivity index (χ1) is 10.4. The lowest BCUT2D eigenvalue weighted by molar-refractivity contribution is -0.137. The molecular weight excluding hydrogens is 297 g/mol. The van der Waals surface area contributed by atoms with Crippen LogP contribution in [0.3, 0.4) is 0 Å². The highest BCUT2D eigenvalue weighted by molar-refractivity contribution is 5.32. The number of hydrogen-bond donors (Lipinski definition) is 0. The van der Waals surface area contributed by atoms with Crippen LogP contribution in [0.15, 0.2) is 42.9 Å². The summed E-state index contributed by atoms with van der Waals surface area (Å²) in [6.45, 7) is 1.72. The molecule has 114 valence electrons. The molecule has 0 saturated carbocycles. The van der Waals surface area contributed by atoms with Gasteiger partial charge in [-0.1, -0.05) is 6.07 Å². The molecule has 3 rings (SSSR count). The number of alkyl halides is 3. The molecule has 0 unspecified atom stereocenters. The Hall–Kier alpha value is -2.64. The molecule has 0 N–H and O–H groups in total. The summed E-state index contributed by atoms with van der Waals surface area (Å²) in [5.74, 6) is 0.532. The molecule has 0 fully saturated rings. The van der Waals surface area contributed by atoms with Crippen LogP contribution >= 0.6 is 0 Å². The maximum Gasteiger partial charge on any atom is 0.416 e. The van der Waals surface area contributed by atoms with Crippen molar-refractivity contribution >= 4 is 5.78 Å². The third kappa shape index (κ3) is 2.72. The van der Waals surface area contributed by atoms with E-state index >= 15 is 0 Å². The second-order valence-corrected chi connectivity index (χ2v) is 4.63. The zero-order valence-electron chi connectivity index (χ0n) is 11.4. The minimum absolute atomic E-state index is 0.132. The van der Waals surface area contributed by atoms with Crippen molar-refractivity contribution in [2.24, 2.45) is 0 Å². The smallest absolute Gasteiger partial charge is 0.416 e. The van der Waals surface area contributed by atoms with Gasteiger partial charge in [-0.25, -0.2) is 4.98 Å². The average Bonchev–Trinajstić information content (AvgIpc) is 2.94. The highest BCUT2D eigenvalue weighted by Gasteiger charge is 2.30. The number of benzene rings is 1. The number of hydrogen-bond acceptors (Lipinski definition) is 4. The van der Waals surface area contributed by atoms with Gasteiger partial charge in [0.25, 0.3) is 5.78 Å². The van der Waals surface area contributed by atoms with Crippen LogP contribution in [0.1, 0.15) is 24.3 Å². The normalized spacial score (nSPS) is 13.3. The zero-order valence-corrected chi connectivity index (χ0v) is 11.4. The Kier molecular flexibility index (Phi) is 3.44. The van der Waals surface area contributed by atoms with Crippen molar-refractivity contribution in [2.45, 2.75) is 19.2 Å². The summed E-state index contributed by atoms with van der Waals surface area (Å²) >= 11 is 0. The van der Waals surface area contributed by atoms with Crippen LogP contribution in [-0.2, 0) is 6.18 Å². The monoisotopic (exact) mass is 308 g/mol. The van der Waals surface area contributed by atoms with Crippen LogP contribution in [-0.4, -0.2) is 19.6 Å². The van der Waals surface area contributed by atoms with E-state index in [1.54, 1.807) is 19.2 Å². The number of aromatic nitrogens is 4. The second-order valence-electron chi connectivity index (χ2n) is 4.63. The van der Waals surface area contributed by atoms with Crippen molar-refractivity contribution in [3.63, 3.8) is 0 Å². The van der Waals surface area contributed by atoms with Gasteiger partial charge in [0.2, 0.25) is 0 Å². The van der Waals surface area contributed by atoms with E-state index < -0.39 is 17.8 Å². The van der Waals surface area contributed by atoms with E-state index in [0.29, 0.717) is 11.5 Å². The van der Waals surface area contributed by atoms with Gasteiger partial charge in [-0.2, -0.15) is 27.8 Å². The molecule has 5 nitrogen and oxygen atoms in total. The standard InChI is InChI=1S/C14H11F3N4O/c1-9(12-5-6-18-13-19-8-20-21(12)13)22-11-4-2-3-10(7-11)14(15,16)17/h2-9H,1H3/t9-/m1/s1. The van der Waals surface area contributed by atoms with Crippen molar-refractivity contribution in [1.29, 1.82) is 0 Å². The predicted molar refractivity (Wildman–Crippen MR) is 71.3 cm³/mol. The molecular formula is C14H11F3N4O. The highest BCUT2D eigenvalue weighted by atomic mass is 19.4. The van der Waals surface area contributed by atoms with E-state index in [9.17, 15) is 13.2 Å². The predicted octanol–water partition coefficient (Wildman–Crippen LogP) is 3.28. The zero-order chi connectivity index (χ0) is 15.7. The first-order valence-corrected chi connectivity index (χ1v) is 6.44. The van der Waals surface area contributed by atoms with Crippen LogP contribution in [0.2, 0.25) is 0 Å². The summed E-state index contributed by atoms with van der Waals surface area (Å²) in [7, 11) is 0. The number of rotatable bonds is 3. The Bertz CT molecular complexity index is 800. The van der Waals surface area contributed by atoms with Crippen LogP contribution in [0.5, 0.6) is 5.75 Å². The van der Waals surface area contributed by atoms with Crippen LogP contribution in [0.25, 0.3) is 5.78 Å². The molecule has 3 aromatic rings. The second kappa shape index (κ2) is 5.28. The van der Waals surface area contributed by atoms with E-state index in [2.05, 4.69) is 15.1 Å². The summed E-state index contributed by atoms with van der Waals surface area (Å²) in [5, 5.41) is 4.02. The SMILES string of the molecule is C[C@@H](Oc1cccc(C(F)(F)F)c1)c1ccnc2ncnn12. The Balaban J connectivity index is 1.88. The van der Waals surface area contributed by atoms with Gasteiger partial charge in [-0.3, -0.25) is 0 Å². The van der Waals surface area contributed by atoms with Crippen molar-refractivity contribution in [2.75, 3.05) is 0 Å². The molecule has 0 amide bonds. The fraction of sp³-hybridized carbons (Fsp3) is 0.214. The lowest BCUT2D eigenvalue weighted by atomic mass is 10.2. The van der Waals surface area contributed by atoms with Crippen LogP contribution in [0.4, 0.5) is 13.2 Å². The molecule has 2 aromatic heterocycles. The Morgan fingerprint density at radius 3 is 2.77 bits per heavy atom. The maximum absolute atomic E-state index is 12.7. The van der Waals surface area contributed by atoms with Gasteiger partial charge in [0.15, 0.2) is 0 Å². The van der Waals surface area contributed by atoms with E-state index in [0.717, 1.165) is 12.1 Å². The molecule has 2 heterocycles. The Morgan fingerprint density at radius 1 is 1.18 bits per heavy atom.